The Bertz CT molecular complexity index is 3510. The first-order chi connectivity index (χ1) is 30.0. The van der Waals surface area contributed by atoms with Gasteiger partial charge in [-0.1, -0.05) is 129 Å². The van der Waals surface area contributed by atoms with E-state index >= 15 is 0 Å². The number of aryl methyl sites for hydroxylation is 1. The third-order valence-electron chi connectivity index (χ3n) is 13.1. The minimum absolute atomic E-state index is 0.00333. The number of halogens is 1. The molecule has 3 aromatic heterocycles. The van der Waals surface area contributed by atoms with Crippen LogP contribution < -0.4 is 9.80 Å². The maximum absolute atomic E-state index is 8.15. The van der Waals surface area contributed by atoms with E-state index in [1.807, 2.05) is 6.07 Å². The fraction of sp³-hybridized carbons (Fsp3) is 0.228. The summed E-state index contributed by atoms with van der Waals surface area (Å²) in [5, 5.41) is 8.80. The number of para-hydroxylation sites is 4. The molecule has 4 heterocycles. The molecule has 11 rings (SSSR count). The largest absolute Gasteiger partial charge is 0.454 e. The van der Waals surface area contributed by atoms with E-state index in [0.717, 1.165) is 67.3 Å². The highest BCUT2D eigenvalue weighted by Crippen LogP contribution is 2.56. The molecule has 0 saturated carbocycles. The number of hydrogen-bond donors (Lipinski definition) is 0. The SMILES string of the molecule is Cc1cc(N(c2csc3ccc(C(C)(C)C)cc23)c2cccc3c2oc2ccccc23)c(Cl)c(N2c3ccccc3-n3c4ccc(C(C)(C)C)cc4c4cc(C(C)(C)C)cc2c43)c1. The van der Waals surface area contributed by atoms with Crippen molar-refractivity contribution >= 4 is 111 Å². The predicted octanol–water partition coefficient (Wildman–Crippen LogP) is 18.0. The van der Waals surface area contributed by atoms with Crippen molar-refractivity contribution in [3.63, 3.8) is 0 Å². The molecule has 0 amide bonds. The molecule has 0 aliphatic carbocycles. The number of benzene rings is 7. The van der Waals surface area contributed by atoms with E-state index in [1.54, 1.807) is 11.3 Å². The van der Waals surface area contributed by atoms with Gasteiger partial charge in [-0.3, -0.25) is 0 Å². The van der Waals surface area contributed by atoms with Gasteiger partial charge >= 0.3 is 0 Å². The minimum Gasteiger partial charge on any atom is -0.454 e. The Kier molecular flexibility index (Phi) is 8.68. The number of aromatic nitrogens is 1. The van der Waals surface area contributed by atoms with E-state index in [0.29, 0.717) is 5.02 Å². The molecular formula is C57H52ClN3OS. The predicted molar refractivity (Wildman–Crippen MR) is 272 cm³/mol. The lowest BCUT2D eigenvalue weighted by molar-refractivity contribution is 0.590. The van der Waals surface area contributed by atoms with Gasteiger partial charge < -0.3 is 18.8 Å². The fourth-order valence-corrected chi connectivity index (χ4v) is 10.9. The first-order valence-electron chi connectivity index (χ1n) is 22.0. The van der Waals surface area contributed by atoms with Crippen LogP contribution in [-0.2, 0) is 16.2 Å². The van der Waals surface area contributed by atoms with Crippen LogP contribution in [0.25, 0.3) is 59.5 Å². The lowest BCUT2D eigenvalue weighted by Gasteiger charge is -2.36. The van der Waals surface area contributed by atoms with Crippen LogP contribution in [0.15, 0.2) is 137 Å². The van der Waals surface area contributed by atoms with E-state index in [9.17, 15) is 0 Å². The summed E-state index contributed by atoms with van der Waals surface area (Å²) in [7, 11) is 0. The molecule has 1 aliphatic rings. The third-order valence-corrected chi connectivity index (χ3v) is 14.5. The van der Waals surface area contributed by atoms with E-state index in [-0.39, 0.29) is 16.2 Å². The second-order valence-electron chi connectivity index (χ2n) is 20.6. The molecular weight excluding hydrogens is 810 g/mol. The molecule has 6 heteroatoms. The zero-order valence-corrected chi connectivity index (χ0v) is 39.3. The van der Waals surface area contributed by atoms with Crippen molar-refractivity contribution in [1.82, 2.24) is 4.57 Å². The van der Waals surface area contributed by atoms with Crippen LogP contribution >= 0.6 is 22.9 Å². The van der Waals surface area contributed by atoms with Crippen LogP contribution in [0.2, 0.25) is 5.02 Å². The molecule has 10 aromatic rings. The van der Waals surface area contributed by atoms with Crippen molar-refractivity contribution in [2.24, 2.45) is 0 Å². The first-order valence-corrected chi connectivity index (χ1v) is 23.3. The molecule has 0 N–H and O–H groups in total. The zero-order chi connectivity index (χ0) is 43.9. The fourth-order valence-electron chi connectivity index (χ4n) is 9.69. The molecule has 0 unspecified atom stereocenters. The number of nitrogens with zero attached hydrogens (tertiary/aromatic N) is 3. The van der Waals surface area contributed by atoms with Crippen molar-refractivity contribution in [3.8, 4) is 5.69 Å². The molecule has 0 radical (unpaired) electrons. The maximum Gasteiger partial charge on any atom is 0.159 e. The number of hydrogen-bond acceptors (Lipinski definition) is 4. The summed E-state index contributed by atoms with van der Waals surface area (Å²) < 4.78 is 10.5. The van der Waals surface area contributed by atoms with Crippen molar-refractivity contribution < 1.29 is 4.42 Å². The van der Waals surface area contributed by atoms with Gasteiger partial charge in [0, 0.05) is 37.0 Å². The summed E-state index contributed by atoms with van der Waals surface area (Å²) in [6.45, 7) is 22.9. The van der Waals surface area contributed by atoms with Gasteiger partial charge in [-0.2, -0.15) is 0 Å². The van der Waals surface area contributed by atoms with Crippen LogP contribution in [-0.4, -0.2) is 4.57 Å². The second-order valence-corrected chi connectivity index (χ2v) is 21.9. The number of anilines is 6. The third kappa shape index (κ3) is 6.14. The summed E-state index contributed by atoms with van der Waals surface area (Å²) >= 11 is 9.91. The van der Waals surface area contributed by atoms with Crippen molar-refractivity contribution in [2.45, 2.75) is 85.5 Å². The topological polar surface area (TPSA) is 24.6 Å². The van der Waals surface area contributed by atoms with E-state index < -0.39 is 0 Å². The molecule has 0 saturated heterocycles. The van der Waals surface area contributed by atoms with Crippen LogP contribution in [0.4, 0.5) is 34.1 Å². The Morgan fingerprint density at radius 2 is 1.17 bits per heavy atom. The molecule has 0 bridgehead atoms. The Labute approximate surface area is 378 Å². The highest BCUT2D eigenvalue weighted by Gasteiger charge is 2.34. The summed E-state index contributed by atoms with van der Waals surface area (Å²) in [5.74, 6) is 0. The van der Waals surface area contributed by atoms with Crippen LogP contribution in [0.1, 0.15) is 84.6 Å². The molecule has 314 valence electrons. The van der Waals surface area contributed by atoms with Crippen LogP contribution in [0, 0.1) is 6.92 Å². The average molecular weight is 863 g/mol. The molecule has 0 spiro atoms. The van der Waals surface area contributed by atoms with E-state index in [1.165, 1.54) is 48.6 Å². The normalized spacial score (nSPS) is 13.3. The summed E-state index contributed by atoms with van der Waals surface area (Å²) in [6.07, 6.45) is 0. The van der Waals surface area contributed by atoms with Gasteiger partial charge in [0.2, 0.25) is 0 Å². The van der Waals surface area contributed by atoms with E-state index in [4.69, 9.17) is 16.0 Å². The highest BCUT2D eigenvalue weighted by atomic mass is 35.5. The van der Waals surface area contributed by atoms with Gasteiger partial charge in [-0.25, -0.2) is 0 Å². The molecule has 0 atom stereocenters. The zero-order valence-electron chi connectivity index (χ0n) is 37.7. The van der Waals surface area contributed by atoms with Gasteiger partial charge in [0.1, 0.15) is 5.58 Å². The molecule has 63 heavy (non-hydrogen) atoms. The van der Waals surface area contributed by atoms with Crippen molar-refractivity contribution in [3.05, 3.63) is 160 Å². The smallest absolute Gasteiger partial charge is 0.159 e. The number of rotatable bonds is 4. The molecule has 0 fully saturated rings. The Hall–Kier alpha value is -6.01. The first kappa shape index (κ1) is 39.8. The van der Waals surface area contributed by atoms with Crippen molar-refractivity contribution in [1.29, 1.82) is 0 Å². The van der Waals surface area contributed by atoms with Crippen LogP contribution in [0.5, 0.6) is 0 Å². The average Bonchev–Trinajstić information content (AvgIpc) is 3.94. The quantitative estimate of drug-likeness (QED) is 0.176. The summed E-state index contributed by atoms with van der Waals surface area (Å²) in [6, 6.07) is 46.9. The monoisotopic (exact) mass is 861 g/mol. The summed E-state index contributed by atoms with van der Waals surface area (Å²) in [5.41, 5.74) is 16.1. The number of thiophene rings is 1. The van der Waals surface area contributed by atoms with Gasteiger partial charge in [-0.15, -0.1) is 11.3 Å². The Morgan fingerprint density at radius 1 is 0.524 bits per heavy atom. The second kappa shape index (κ2) is 13.7. The van der Waals surface area contributed by atoms with E-state index in [2.05, 4.69) is 210 Å². The van der Waals surface area contributed by atoms with Crippen LogP contribution in [0.3, 0.4) is 0 Å². The molecule has 7 aromatic carbocycles. The van der Waals surface area contributed by atoms with Gasteiger partial charge in [0.05, 0.1) is 55.9 Å². The Morgan fingerprint density at radius 3 is 1.92 bits per heavy atom. The van der Waals surface area contributed by atoms with Gasteiger partial charge in [-0.05, 0) is 118 Å². The number of furan rings is 1. The highest BCUT2D eigenvalue weighted by molar-refractivity contribution is 7.17. The van der Waals surface area contributed by atoms with Crippen molar-refractivity contribution in [2.75, 3.05) is 9.80 Å². The maximum atomic E-state index is 8.15. The standard InChI is InChI=1S/C57H52ClN3OS/c1-33-26-46(59-43-18-12-13-19-44(43)61-42-24-22-34(55(2,3)4)28-39(42)40-30-36(57(8,9)10)31-48(59)53(40)61)52(58)47(27-33)60(49-32-63-51-25-23-35(29-41(49)51)56(5,6)7)45-20-15-17-38-37-16-11-14-21-50(37)62-54(38)45/h11-32H,1-10H3. The lowest BCUT2D eigenvalue weighted by atomic mass is 9.84. The molecule has 4 nitrogen and oxygen atoms in total. The molecule has 1 aliphatic heterocycles. The number of fused-ring (bicyclic) bond motifs is 9. The minimum atomic E-state index is -0.112. The van der Waals surface area contributed by atoms with Gasteiger partial charge in [0.15, 0.2) is 5.58 Å². The Balaban J connectivity index is 1.23. The lowest BCUT2D eigenvalue weighted by Crippen LogP contribution is -2.21. The summed E-state index contributed by atoms with van der Waals surface area (Å²) in [4.78, 5) is 4.79. The van der Waals surface area contributed by atoms with Gasteiger partial charge in [0.25, 0.3) is 0 Å².